The predicted octanol–water partition coefficient (Wildman–Crippen LogP) is 4.89. The summed E-state index contributed by atoms with van der Waals surface area (Å²) in [6.45, 7) is -0.483. The molecule has 2 aromatic carbocycles. The van der Waals surface area contributed by atoms with E-state index in [1.807, 2.05) is 42.5 Å². The summed E-state index contributed by atoms with van der Waals surface area (Å²) in [7, 11) is 0. The van der Waals surface area contributed by atoms with E-state index in [4.69, 9.17) is 10.1 Å². The molecular weight excluding hydrogens is 321 g/mol. The largest absolute Gasteiger partial charge is 0.469 e. The molecule has 0 spiro atoms. The van der Waals surface area contributed by atoms with Gasteiger partial charge in [-0.05, 0) is 29.8 Å². The Bertz CT molecular complexity index is 556. The number of benzene rings is 2. The Morgan fingerprint density at radius 1 is 1.10 bits per heavy atom. The molecule has 4 heteroatoms. The lowest BCUT2D eigenvalue weighted by Gasteiger charge is -2.19. The number of ether oxygens (including phenoxy) is 1. The lowest BCUT2D eigenvalue weighted by Crippen LogP contribution is -2.12. The SMILES string of the molecule is N=C(O[C@@H](CCF)c1ccc(Br)cc1)c1ccccc1. The van der Waals surface area contributed by atoms with E-state index in [1.54, 1.807) is 12.1 Å². The molecular formula is C16H15BrFNO. The first-order chi connectivity index (χ1) is 9.70. The minimum Gasteiger partial charge on any atom is -0.469 e. The number of hydrogen-bond acceptors (Lipinski definition) is 2. The molecule has 0 aromatic heterocycles. The van der Waals surface area contributed by atoms with Crippen molar-refractivity contribution in [2.45, 2.75) is 12.5 Å². The number of halogens is 2. The average molecular weight is 336 g/mol. The molecule has 1 atom stereocenters. The Morgan fingerprint density at radius 2 is 1.75 bits per heavy atom. The van der Waals surface area contributed by atoms with E-state index in [-0.39, 0.29) is 12.3 Å². The van der Waals surface area contributed by atoms with Crippen molar-refractivity contribution in [1.82, 2.24) is 0 Å². The smallest absolute Gasteiger partial charge is 0.213 e. The lowest BCUT2D eigenvalue weighted by atomic mass is 10.1. The number of alkyl halides is 1. The van der Waals surface area contributed by atoms with Gasteiger partial charge in [-0.15, -0.1) is 0 Å². The molecule has 2 nitrogen and oxygen atoms in total. The second kappa shape index (κ2) is 7.20. The van der Waals surface area contributed by atoms with Crippen molar-refractivity contribution in [3.05, 3.63) is 70.2 Å². The molecule has 0 amide bonds. The van der Waals surface area contributed by atoms with Gasteiger partial charge in [0.25, 0.3) is 0 Å². The monoisotopic (exact) mass is 335 g/mol. The molecule has 0 saturated heterocycles. The van der Waals surface area contributed by atoms with E-state index in [2.05, 4.69) is 15.9 Å². The van der Waals surface area contributed by atoms with Gasteiger partial charge in [-0.25, -0.2) is 0 Å². The second-order valence-electron chi connectivity index (χ2n) is 4.33. The molecule has 1 N–H and O–H groups in total. The standard InChI is InChI=1S/C16H15BrFNO/c17-14-8-6-12(7-9-14)15(10-11-18)20-16(19)13-4-2-1-3-5-13/h1-9,15,19H,10-11H2/t15-/m0/s1. The first-order valence-electron chi connectivity index (χ1n) is 6.33. The summed E-state index contributed by atoms with van der Waals surface area (Å²) in [5, 5.41) is 7.98. The van der Waals surface area contributed by atoms with Crippen LogP contribution in [-0.2, 0) is 4.74 Å². The zero-order valence-corrected chi connectivity index (χ0v) is 12.4. The number of hydrogen-bond donors (Lipinski definition) is 1. The van der Waals surface area contributed by atoms with Crippen molar-refractivity contribution in [1.29, 1.82) is 5.41 Å². The minimum atomic E-state index is -0.483. The highest BCUT2D eigenvalue weighted by molar-refractivity contribution is 9.10. The lowest BCUT2D eigenvalue weighted by molar-refractivity contribution is 0.168. The summed E-state index contributed by atoms with van der Waals surface area (Å²) in [4.78, 5) is 0. The third kappa shape index (κ3) is 3.90. The predicted molar refractivity (Wildman–Crippen MR) is 81.8 cm³/mol. The molecule has 0 aliphatic rings. The van der Waals surface area contributed by atoms with Gasteiger partial charge in [0.05, 0.1) is 6.67 Å². The average Bonchev–Trinajstić information content (AvgIpc) is 2.48. The van der Waals surface area contributed by atoms with E-state index >= 15 is 0 Å². The number of nitrogens with one attached hydrogen (secondary N) is 1. The Labute approximate surface area is 126 Å². The van der Waals surface area contributed by atoms with Crippen molar-refractivity contribution in [2.24, 2.45) is 0 Å². The molecule has 2 rings (SSSR count). The normalized spacial score (nSPS) is 11.9. The molecule has 0 fully saturated rings. The summed E-state index contributed by atoms with van der Waals surface area (Å²) >= 11 is 3.36. The van der Waals surface area contributed by atoms with Crippen LogP contribution in [0, 0.1) is 5.41 Å². The topological polar surface area (TPSA) is 33.1 Å². The summed E-state index contributed by atoms with van der Waals surface area (Å²) in [6, 6.07) is 16.7. The van der Waals surface area contributed by atoms with Crippen LogP contribution in [0.4, 0.5) is 4.39 Å². The van der Waals surface area contributed by atoms with Crippen LogP contribution in [-0.4, -0.2) is 12.6 Å². The van der Waals surface area contributed by atoms with Gasteiger partial charge in [0.15, 0.2) is 0 Å². The van der Waals surface area contributed by atoms with Crippen molar-refractivity contribution in [3.63, 3.8) is 0 Å². The molecule has 0 bridgehead atoms. The van der Waals surface area contributed by atoms with Crippen LogP contribution >= 0.6 is 15.9 Å². The maximum Gasteiger partial charge on any atom is 0.213 e. The van der Waals surface area contributed by atoms with Gasteiger partial charge in [0, 0.05) is 16.5 Å². The molecule has 0 unspecified atom stereocenters. The van der Waals surface area contributed by atoms with Crippen LogP contribution in [0.25, 0.3) is 0 Å². The van der Waals surface area contributed by atoms with E-state index in [1.165, 1.54) is 0 Å². The molecule has 20 heavy (non-hydrogen) atoms. The Morgan fingerprint density at radius 3 is 2.35 bits per heavy atom. The van der Waals surface area contributed by atoms with Crippen LogP contribution in [0.3, 0.4) is 0 Å². The quantitative estimate of drug-likeness (QED) is 0.612. The van der Waals surface area contributed by atoms with Gasteiger partial charge >= 0.3 is 0 Å². The summed E-state index contributed by atoms with van der Waals surface area (Å²) in [5.74, 6) is 0.0620. The summed E-state index contributed by atoms with van der Waals surface area (Å²) < 4.78 is 19.3. The van der Waals surface area contributed by atoms with E-state index in [0.717, 1.165) is 10.0 Å². The molecule has 0 saturated carbocycles. The fourth-order valence-corrected chi connectivity index (χ4v) is 2.13. The van der Waals surface area contributed by atoms with Crippen molar-refractivity contribution >= 4 is 21.8 Å². The molecule has 0 radical (unpaired) electrons. The van der Waals surface area contributed by atoms with Gasteiger partial charge in [-0.2, -0.15) is 0 Å². The first kappa shape index (κ1) is 14.7. The van der Waals surface area contributed by atoms with Crippen LogP contribution in [0.1, 0.15) is 23.7 Å². The zero-order valence-electron chi connectivity index (χ0n) is 10.9. The fraction of sp³-hybridized carbons (Fsp3) is 0.188. The van der Waals surface area contributed by atoms with Gasteiger partial charge in [0.2, 0.25) is 5.90 Å². The van der Waals surface area contributed by atoms with Crippen molar-refractivity contribution in [2.75, 3.05) is 6.67 Å². The third-order valence-corrected chi connectivity index (χ3v) is 3.44. The fourth-order valence-electron chi connectivity index (χ4n) is 1.87. The maximum atomic E-state index is 12.7. The summed E-state index contributed by atoms with van der Waals surface area (Å²) in [5.41, 5.74) is 1.56. The van der Waals surface area contributed by atoms with E-state index < -0.39 is 12.8 Å². The highest BCUT2D eigenvalue weighted by Gasteiger charge is 2.15. The van der Waals surface area contributed by atoms with E-state index in [9.17, 15) is 4.39 Å². The first-order valence-corrected chi connectivity index (χ1v) is 7.12. The Kier molecular flexibility index (Phi) is 5.30. The molecule has 2 aromatic rings. The van der Waals surface area contributed by atoms with Crippen LogP contribution in [0.2, 0.25) is 0 Å². The summed E-state index contributed by atoms with van der Waals surface area (Å²) in [6.07, 6.45) is -0.211. The van der Waals surface area contributed by atoms with Gasteiger partial charge in [0.1, 0.15) is 6.10 Å². The van der Waals surface area contributed by atoms with Gasteiger partial charge in [-0.3, -0.25) is 9.80 Å². The third-order valence-electron chi connectivity index (χ3n) is 2.91. The van der Waals surface area contributed by atoms with E-state index in [0.29, 0.717) is 5.56 Å². The minimum absolute atomic E-state index is 0.0620. The highest BCUT2D eigenvalue weighted by Crippen LogP contribution is 2.24. The Balaban J connectivity index is 2.13. The molecule has 0 aliphatic heterocycles. The van der Waals surface area contributed by atoms with Crippen molar-refractivity contribution in [3.8, 4) is 0 Å². The molecule has 104 valence electrons. The van der Waals surface area contributed by atoms with Crippen LogP contribution in [0.5, 0.6) is 0 Å². The molecule has 0 aliphatic carbocycles. The van der Waals surface area contributed by atoms with Crippen LogP contribution in [0.15, 0.2) is 59.1 Å². The van der Waals surface area contributed by atoms with Crippen molar-refractivity contribution < 1.29 is 9.13 Å². The molecule has 0 heterocycles. The maximum absolute atomic E-state index is 12.7. The Hall–Kier alpha value is -1.68. The second-order valence-corrected chi connectivity index (χ2v) is 5.25. The van der Waals surface area contributed by atoms with Gasteiger partial charge < -0.3 is 4.74 Å². The van der Waals surface area contributed by atoms with Crippen LogP contribution < -0.4 is 0 Å². The number of rotatable bonds is 5. The zero-order chi connectivity index (χ0) is 14.4. The highest BCUT2D eigenvalue weighted by atomic mass is 79.9. The van der Waals surface area contributed by atoms with Gasteiger partial charge in [-0.1, -0.05) is 46.3 Å².